The second-order valence-corrected chi connectivity index (χ2v) is 5.96. The summed E-state index contributed by atoms with van der Waals surface area (Å²) in [5, 5.41) is 29.1. The number of esters is 1. The Morgan fingerprint density at radius 1 is 1.30 bits per heavy atom. The molecule has 13 heteroatoms. The van der Waals surface area contributed by atoms with Crippen molar-refractivity contribution in [2.45, 2.75) is 37.0 Å². The molecule has 7 N–H and O–H groups in total. The first-order valence-corrected chi connectivity index (χ1v) is 7.88. The Morgan fingerprint density at radius 2 is 2.04 bits per heavy atom. The van der Waals surface area contributed by atoms with E-state index in [0.717, 1.165) is 0 Å². The minimum absolute atomic E-state index is 0.143. The number of ether oxygens (including phenoxy) is 2. The van der Waals surface area contributed by atoms with E-state index in [1.165, 1.54) is 17.2 Å². The fourth-order valence-electron chi connectivity index (χ4n) is 2.70. The summed E-state index contributed by atoms with van der Waals surface area (Å²) >= 11 is 0. The van der Waals surface area contributed by atoms with Crippen molar-refractivity contribution in [1.82, 2.24) is 19.5 Å². The topological polar surface area (TPSA) is 209 Å². The number of hydrogen-bond donors (Lipinski definition) is 5. The molecule has 1 saturated heterocycles. The second-order valence-electron chi connectivity index (χ2n) is 5.96. The third-order valence-corrected chi connectivity index (χ3v) is 4.09. The summed E-state index contributed by atoms with van der Waals surface area (Å²) in [5.74, 6) is -2.07. The van der Waals surface area contributed by atoms with Crippen LogP contribution < -0.4 is 11.5 Å². The van der Waals surface area contributed by atoms with E-state index < -0.39 is 55.5 Å². The molecular weight excluding hydrogens is 364 g/mol. The molecule has 1 aliphatic heterocycles. The lowest BCUT2D eigenvalue weighted by atomic mass is 10.1. The number of carboxylic acid groups (broad SMARTS) is 1. The van der Waals surface area contributed by atoms with E-state index in [1.807, 2.05) is 0 Å². The van der Waals surface area contributed by atoms with Crippen LogP contribution in [-0.4, -0.2) is 77.7 Å². The number of aromatic nitrogens is 4. The molecule has 3 rings (SSSR count). The van der Waals surface area contributed by atoms with Gasteiger partial charge in [0.15, 0.2) is 17.7 Å². The van der Waals surface area contributed by atoms with Gasteiger partial charge in [-0.2, -0.15) is 0 Å². The van der Waals surface area contributed by atoms with Gasteiger partial charge in [-0.05, 0) is 0 Å². The number of anilines is 1. The van der Waals surface area contributed by atoms with Crippen LogP contribution in [0, 0.1) is 0 Å². The van der Waals surface area contributed by atoms with Gasteiger partial charge >= 0.3 is 11.9 Å². The third kappa shape index (κ3) is 3.66. The maximum atomic E-state index is 11.7. The molecule has 5 atom stereocenters. The van der Waals surface area contributed by atoms with Gasteiger partial charge in [0.05, 0.1) is 12.7 Å². The number of aliphatic hydroxyl groups is 2. The first kappa shape index (κ1) is 18.9. The molecule has 1 aliphatic rings. The van der Waals surface area contributed by atoms with Gasteiger partial charge in [0, 0.05) is 0 Å². The van der Waals surface area contributed by atoms with Crippen LogP contribution in [0.25, 0.3) is 11.2 Å². The monoisotopic (exact) mass is 382 g/mol. The van der Waals surface area contributed by atoms with Gasteiger partial charge in [0.25, 0.3) is 0 Å². The zero-order valence-corrected chi connectivity index (χ0v) is 13.9. The molecule has 2 aromatic rings. The van der Waals surface area contributed by atoms with Crippen molar-refractivity contribution in [3.8, 4) is 0 Å². The number of aliphatic carboxylic acids is 1. The number of nitrogen functional groups attached to an aromatic ring is 1. The number of carbonyl (C=O) groups excluding carboxylic acids is 1. The predicted octanol–water partition coefficient (Wildman–Crippen LogP) is -2.63. The van der Waals surface area contributed by atoms with Crippen LogP contribution in [0.2, 0.25) is 0 Å². The summed E-state index contributed by atoms with van der Waals surface area (Å²) in [6.07, 6.45) is -2.92. The fourth-order valence-corrected chi connectivity index (χ4v) is 2.70. The zero-order chi connectivity index (χ0) is 19.7. The van der Waals surface area contributed by atoms with E-state index in [2.05, 4.69) is 15.0 Å². The van der Waals surface area contributed by atoms with Gasteiger partial charge in [-0.15, -0.1) is 0 Å². The van der Waals surface area contributed by atoms with Crippen LogP contribution in [0.15, 0.2) is 12.7 Å². The van der Waals surface area contributed by atoms with Gasteiger partial charge in [-0.1, -0.05) is 0 Å². The number of aliphatic hydroxyl groups excluding tert-OH is 2. The Labute approximate surface area is 151 Å². The molecule has 0 saturated carbocycles. The summed E-state index contributed by atoms with van der Waals surface area (Å²) in [5.41, 5.74) is 11.7. The van der Waals surface area contributed by atoms with Gasteiger partial charge in [0.1, 0.15) is 42.8 Å². The Hall–Kier alpha value is -2.87. The van der Waals surface area contributed by atoms with E-state index >= 15 is 0 Å². The number of nitrogens with two attached hydrogens (primary N) is 2. The van der Waals surface area contributed by atoms with E-state index in [-0.39, 0.29) is 5.82 Å². The van der Waals surface area contributed by atoms with Crippen molar-refractivity contribution >= 4 is 28.9 Å². The molecule has 0 radical (unpaired) electrons. The number of rotatable bonds is 6. The number of nitrogens with zero attached hydrogens (tertiary/aromatic N) is 4. The first-order chi connectivity index (χ1) is 12.8. The van der Waals surface area contributed by atoms with Crippen molar-refractivity contribution < 1.29 is 34.4 Å². The van der Waals surface area contributed by atoms with Crippen molar-refractivity contribution in [2.24, 2.45) is 5.73 Å². The maximum Gasteiger partial charge on any atom is 0.323 e. The molecule has 0 aliphatic carbocycles. The summed E-state index contributed by atoms with van der Waals surface area (Å²) in [7, 11) is 0. The Bertz CT molecular complexity index is 858. The fraction of sp³-hybridized carbons (Fsp3) is 0.500. The standard InChI is InChI=1S/C14H18N6O7/c15-5(1-7(21)22)14(25)26-2-6-9(23)10(24)13(27-6)20-4-19-8-11(16)17-3-18-12(8)20/h3-6,9-10,13,23-24H,1-2,15H2,(H,21,22)(H2,16,17,18)/t5-,6+,9+,10+,13+/m0/s1. The van der Waals surface area contributed by atoms with E-state index in [1.54, 1.807) is 0 Å². The van der Waals surface area contributed by atoms with Crippen molar-refractivity contribution in [3.63, 3.8) is 0 Å². The molecule has 1 fully saturated rings. The van der Waals surface area contributed by atoms with Crippen molar-refractivity contribution in [2.75, 3.05) is 12.3 Å². The Morgan fingerprint density at radius 3 is 2.74 bits per heavy atom. The molecule has 0 unspecified atom stereocenters. The lowest BCUT2D eigenvalue weighted by molar-refractivity contribution is -0.154. The van der Waals surface area contributed by atoms with E-state index in [0.29, 0.717) is 11.2 Å². The smallest absolute Gasteiger partial charge is 0.323 e. The Balaban J connectivity index is 1.69. The predicted molar refractivity (Wildman–Crippen MR) is 86.8 cm³/mol. The highest BCUT2D eigenvalue weighted by Gasteiger charge is 2.45. The third-order valence-electron chi connectivity index (χ3n) is 4.09. The quantitative estimate of drug-likeness (QED) is 0.325. The van der Waals surface area contributed by atoms with Crippen LogP contribution in [0.5, 0.6) is 0 Å². The lowest BCUT2D eigenvalue weighted by Gasteiger charge is -2.16. The van der Waals surface area contributed by atoms with Crippen molar-refractivity contribution in [1.29, 1.82) is 0 Å². The highest BCUT2D eigenvalue weighted by Crippen LogP contribution is 2.32. The molecule has 0 bridgehead atoms. The molecule has 0 aromatic carbocycles. The Kier molecular flexibility index (Phi) is 5.18. The maximum absolute atomic E-state index is 11.7. The van der Waals surface area contributed by atoms with Crippen LogP contribution in [-0.2, 0) is 19.1 Å². The summed E-state index contributed by atoms with van der Waals surface area (Å²) in [4.78, 5) is 34.2. The van der Waals surface area contributed by atoms with Gasteiger partial charge in [0.2, 0.25) is 0 Å². The lowest BCUT2D eigenvalue weighted by Crippen LogP contribution is -2.38. The van der Waals surface area contributed by atoms with Crippen LogP contribution in [0.4, 0.5) is 5.82 Å². The number of hydrogen-bond acceptors (Lipinski definition) is 11. The molecule has 146 valence electrons. The number of carbonyl (C=O) groups is 2. The molecule has 2 aromatic heterocycles. The summed E-state index contributed by atoms with van der Waals surface area (Å²) < 4.78 is 11.8. The van der Waals surface area contributed by atoms with Crippen LogP contribution in [0.3, 0.4) is 0 Å². The average molecular weight is 382 g/mol. The minimum atomic E-state index is -1.38. The van der Waals surface area contributed by atoms with E-state index in [9.17, 15) is 19.8 Å². The molecule has 27 heavy (non-hydrogen) atoms. The van der Waals surface area contributed by atoms with E-state index in [4.69, 9.17) is 26.0 Å². The number of imidazole rings is 1. The highest BCUT2D eigenvalue weighted by molar-refractivity contribution is 5.82. The van der Waals surface area contributed by atoms with Crippen molar-refractivity contribution in [3.05, 3.63) is 12.7 Å². The zero-order valence-electron chi connectivity index (χ0n) is 13.9. The molecule has 3 heterocycles. The SMILES string of the molecule is Nc1ncnc2c1ncn2[C@@H]1O[C@H](COC(=O)[C@@H](N)CC(=O)O)[C@@H](O)[C@H]1O. The van der Waals surface area contributed by atoms with Gasteiger partial charge < -0.3 is 36.3 Å². The normalized spacial score (nSPS) is 26.2. The first-order valence-electron chi connectivity index (χ1n) is 7.88. The summed E-state index contributed by atoms with van der Waals surface area (Å²) in [6, 6.07) is -1.35. The minimum Gasteiger partial charge on any atom is -0.481 e. The van der Waals surface area contributed by atoms with Gasteiger partial charge in [-0.3, -0.25) is 14.2 Å². The highest BCUT2D eigenvalue weighted by atomic mass is 16.6. The van der Waals surface area contributed by atoms with Crippen LogP contribution in [0.1, 0.15) is 12.6 Å². The van der Waals surface area contributed by atoms with Crippen LogP contribution >= 0.6 is 0 Å². The molecule has 0 spiro atoms. The average Bonchev–Trinajstić information content (AvgIpc) is 3.16. The largest absolute Gasteiger partial charge is 0.481 e. The second kappa shape index (κ2) is 7.40. The van der Waals surface area contributed by atoms with Gasteiger partial charge in [-0.25, -0.2) is 15.0 Å². The molecule has 0 amide bonds. The molecular formula is C14H18N6O7. The molecule has 13 nitrogen and oxygen atoms in total. The number of fused-ring (bicyclic) bond motifs is 1. The number of carboxylic acids is 1. The summed E-state index contributed by atoms with van der Waals surface area (Å²) in [6.45, 7) is -0.426.